The highest BCUT2D eigenvalue weighted by molar-refractivity contribution is 5.95. The first kappa shape index (κ1) is 13.9. The molecule has 0 radical (unpaired) electrons. The van der Waals surface area contributed by atoms with Gasteiger partial charge in [0.15, 0.2) is 0 Å². The lowest BCUT2D eigenvalue weighted by atomic mass is 9.99. The molecule has 0 saturated carbocycles. The van der Waals surface area contributed by atoms with Crippen molar-refractivity contribution in [2.75, 3.05) is 20.3 Å². The lowest BCUT2D eigenvalue weighted by molar-refractivity contribution is -0.0756. The molecule has 0 N–H and O–H groups in total. The van der Waals surface area contributed by atoms with E-state index in [1.807, 2.05) is 43.9 Å². The summed E-state index contributed by atoms with van der Waals surface area (Å²) in [5, 5.41) is 0. The lowest BCUT2D eigenvalue weighted by Gasteiger charge is -2.44. The number of benzene rings is 1. The standard InChI is InChI=1S/C15H21NO3/c1-11-9-16(15(2,3)10-19-11)14(17)12-6-5-7-13(8-12)18-4/h5-8,11H,9-10H2,1-4H3. The van der Waals surface area contributed by atoms with Crippen LogP contribution in [0.5, 0.6) is 5.75 Å². The molecule has 4 heteroatoms. The first-order chi connectivity index (χ1) is 8.94. The fourth-order valence-corrected chi connectivity index (χ4v) is 2.25. The number of methoxy groups -OCH3 is 1. The first-order valence-electron chi connectivity index (χ1n) is 6.51. The Morgan fingerprint density at radius 1 is 1.47 bits per heavy atom. The maximum Gasteiger partial charge on any atom is 0.254 e. The molecule has 19 heavy (non-hydrogen) atoms. The third-order valence-electron chi connectivity index (χ3n) is 3.45. The van der Waals surface area contributed by atoms with Crippen LogP contribution in [0.4, 0.5) is 0 Å². The van der Waals surface area contributed by atoms with Gasteiger partial charge < -0.3 is 14.4 Å². The summed E-state index contributed by atoms with van der Waals surface area (Å²) in [6.07, 6.45) is 0.0718. The van der Waals surface area contributed by atoms with E-state index in [1.54, 1.807) is 13.2 Å². The number of morpholine rings is 1. The van der Waals surface area contributed by atoms with Crippen molar-refractivity contribution in [2.24, 2.45) is 0 Å². The molecule has 1 amide bonds. The van der Waals surface area contributed by atoms with E-state index in [4.69, 9.17) is 9.47 Å². The van der Waals surface area contributed by atoms with E-state index in [2.05, 4.69) is 0 Å². The number of ether oxygens (including phenoxy) is 2. The van der Waals surface area contributed by atoms with Crippen molar-refractivity contribution in [3.05, 3.63) is 29.8 Å². The highest BCUT2D eigenvalue weighted by Crippen LogP contribution is 2.25. The van der Waals surface area contributed by atoms with Crippen LogP contribution in [0.15, 0.2) is 24.3 Å². The van der Waals surface area contributed by atoms with Crippen molar-refractivity contribution in [1.29, 1.82) is 0 Å². The van der Waals surface area contributed by atoms with Gasteiger partial charge in [-0.3, -0.25) is 4.79 Å². The Labute approximate surface area is 114 Å². The second-order valence-electron chi connectivity index (χ2n) is 5.58. The van der Waals surface area contributed by atoms with E-state index in [0.29, 0.717) is 24.5 Å². The summed E-state index contributed by atoms with van der Waals surface area (Å²) in [6, 6.07) is 7.27. The molecule has 1 saturated heterocycles. The molecule has 4 nitrogen and oxygen atoms in total. The Morgan fingerprint density at radius 3 is 2.89 bits per heavy atom. The van der Waals surface area contributed by atoms with E-state index in [-0.39, 0.29) is 17.6 Å². The third kappa shape index (κ3) is 2.89. The van der Waals surface area contributed by atoms with Crippen LogP contribution < -0.4 is 4.74 Å². The smallest absolute Gasteiger partial charge is 0.254 e. The maximum absolute atomic E-state index is 12.6. The molecule has 1 aliphatic rings. The molecule has 0 aliphatic carbocycles. The van der Waals surface area contributed by atoms with E-state index >= 15 is 0 Å². The predicted octanol–water partition coefficient (Wildman–Crippen LogP) is 2.33. The second kappa shape index (κ2) is 5.21. The minimum Gasteiger partial charge on any atom is -0.497 e. The Balaban J connectivity index is 2.26. The molecule has 2 rings (SSSR count). The molecule has 104 valence electrons. The monoisotopic (exact) mass is 263 g/mol. The van der Waals surface area contributed by atoms with Crippen molar-refractivity contribution >= 4 is 5.91 Å². The average Bonchev–Trinajstić information content (AvgIpc) is 2.41. The van der Waals surface area contributed by atoms with Crippen LogP contribution >= 0.6 is 0 Å². The maximum atomic E-state index is 12.6. The molecule has 1 atom stereocenters. The Hall–Kier alpha value is -1.55. The van der Waals surface area contributed by atoms with Crippen LogP contribution in [-0.4, -0.2) is 42.7 Å². The quantitative estimate of drug-likeness (QED) is 0.822. The van der Waals surface area contributed by atoms with Gasteiger partial charge in [-0.05, 0) is 39.0 Å². The van der Waals surface area contributed by atoms with Gasteiger partial charge in [-0.1, -0.05) is 6.07 Å². The molecule has 1 aliphatic heterocycles. The summed E-state index contributed by atoms with van der Waals surface area (Å²) in [5.74, 6) is 0.726. The van der Waals surface area contributed by atoms with Crippen molar-refractivity contribution in [1.82, 2.24) is 4.90 Å². The molecular formula is C15H21NO3. The van der Waals surface area contributed by atoms with E-state index in [0.717, 1.165) is 0 Å². The van der Waals surface area contributed by atoms with E-state index in [9.17, 15) is 4.79 Å². The molecule has 1 fully saturated rings. The van der Waals surface area contributed by atoms with Gasteiger partial charge in [-0.15, -0.1) is 0 Å². The summed E-state index contributed by atoms with van der Waals surface area (Å²) < 4.78 is 10.8. The van der Waals surface area contributed by atoms with Crippen molar-refractivity contribution < 1.29 is 14.3 Å². The predicted molar refractivity (Wildman–Crippen MR) is 73.5 cm³/mol. The number of hydrogen-bond acceptors (Lipinski definition) is 3. The van der Waals surface area contributed by atoms with Crippen LogP contribution in [0.3, 0.4) is 0 Å². The van der Waals surface area contributed by atoms with Crippen LogP contribution in [0, 0.1) is 0 Å². The van der Waals surface area contributed by atoms with Gasteiger partial charge in [0.1, 0.15) is 5.75 Å². The zero-order valence-corrected chi connectivity index (χ0v) is 12.0. The molecule has 1 aromatic rings. The molecule has 1 unspecified atom stereocenters. The highest BCUT2D eigenvalue weighted by Gasteiger charge is 2.37. The number of amides is 1. The number of nitrogens with zero attached hydrogens (tertiary/aromatic N) is 1. The zero-order valence-electron chi connectivity index (χ0n) is 12.0. The van der Waals surface area contributed by atoms with Crippen LogP contribution in [0.2, 0.25) is 0 Å². The van der Waals surface area contributed by atoms with Gasteiger partial charge in [0, 0.05) is 12.1 Å². The number of carbonyl (C=O) groups excluding carboxylic acids is 1. The topological polar surface area (TPSA) is 38.8 Å². The fraction of sp³-hybridized carbons (Fsp3) is 0.533. The summed E-state index contributed by atoms with van der Waals surface area (Å²) in [5.41, 5.74) is 0.369. The van der Waals surface area contributed by atoms with E-state index in [1.165, 1.54) is 0 Å². The summed E-state index contributed by atoms with van der Waals surface area (Å²) in [4.78, 5) is 14.5. The summed E-state index contributed by atoms with van der Waals surface area (Å²) >= 11 is 0. The molecular weight excluding hydrogens is 242 g/mol. The molecule has 0 aromatic heterocycles. The van der Waals surface area contributed by atoms with Crippen LogP contribution in [0.25, 0.3) is 0 Å². The van der Waals surface area contributed by atoms with Crippen LogP contribution in [0.1, 0.15) is 31.1 Å². The first-order valence-corrected chi connectivity index (χ1v) is 6.51. The summed E-state index contributed by atoms with van der Waals surface area (Å²) in [6.45, 7) is 7.21. The Bertz CT molecular complexity index is 470. The number of hydrogen-bond donors (Lipinski definition) is 0. The van der Waals surface area contributed by atoms with Crippen LogP contribution in [-0.2, 0) is 4.74 Å². The SMILES string of the molecule is COc1cccc(C(=O)N2CC(C)OCC2(C)C)c1. The Kier molecular flexibility index (Phi) is 3.80. The van der Waals surface area contributed by atoms with Gasteiger partial charge in [0.2, 0.25) is 0 Å². The number of rotatable bonds is 2. The highest BCUT2D eigenvalue weighted by atomic mass is 16.5. The van der Waals surface area contributed by atoms with Crippen molar-refractivity contribution in [2.45, 2.75) is 32.4 Å². The third-order valence-corrected chi connectivity index (χ3v) is 3.45. The summed E-state index contributed by atoms with van der Waals surface area (Å²) in [7, 11) is 1.60. The van der Waals surface area contributed by atoms with Gasteiger partial charge in [0.25, 0.3) is 5.91 Å². The second-order valence-corrected chi connectivity index (χ2v) is 5.58. The minimum absolute atomic E-state index is 0.0269. The van der Waals surface area contributed by atoms with Gasteiger partial charge in [-0.2, -0.15) is 0 Å². The lowest BCUT2D eigenvalue weighted by Crippen LogP contribution is -2.57. The normalized spacial score (nSPS) is 22.1. The van der Waals surface area contributed by atoms with Gasteiger partial charge >= 0.3 is 0 Å². The minimum atomic E-state index is -0.285. The van der Waals surface area contributed by atoms with Gasteiger partial charge in [-0.25, -0.2) is 0 Å². The van der Waals surface area contributed by atoms with E-state index < -0.39 is 0 Å². The fourth-order valence-electron chi connectivity index (χ4n) is 2.25. The molecule has 0 bridgehead atoms. The largest absolute Gasteiger partial charge is 0.497 e. The molecule has 1 heterocycles. The van der Waals surface area contributed by atoms with Crippen molar-refractivity contribution in [3.63, 3.8) is 0 Å². The molecule has 1 aromatic carbocycles. The Morgan fingerprint density at radius 2 is 2.21 bits per heavy atom. The average molecular weight is 263 g/mol. The number of carbonyl (C=O) groups is 1. The zero-order chi connectivity index (χ0) is 14.0. The molecule has 0 spiro atoms. The van der Waals surface area contributed by atoms with Crippen molar-refractivity contribution in [3.8, 4) is 5.75 Å². The van der Waals surface area contributed by atoms with Gasteiger partial charge in [0.05, 0.1) is 25.4 Å².